The zero-order chi connectivity index (χ0) is 11.7. The van der Waals surface area contributed by atoms with Crippen molar-refractivity contribution in [2.24, 2.45) is 0 Å². The van der Waals surface area contributed by atoms with Crippen molar-refractivity contribution in [1.82, 2.24) is 10.2 Å². The van der Waals surface area contributed by atoms with E-state index in [2.05, 4.69) is 10.2 Å². The van der Waals surface area contributed by atoms with Gasteiger partial charge in [-0.3, -0.25) is 5.10 Å². The number of hydrogen-bond donors (Lipinski definition) is 2. The van der Waals surface area contributed by atoms with Crippen LogP contribution in [-0.2, 0) is 6.42 Å². The lowest BCUT2D eigenvalue weighted by atomic mass is 10.0. The highest BCUT2D eigenvalue weighted by atomic mass is 35.5. The van der Waals surface area contributed by atoms with E-state index in [1.807, 2.05) is 6.92 Å². The third kappa shape index (κ3) is 1.76. The predicted molar refractivity (Wildman–Crippen MR) is 62.8 cm³/mol. The van der Waals surface area contributed by atoms with Gasteiger partial charge in [0.25, 0.3) is 0 Å². The van der Waals surface area contributed by atoms with E-state index in [0.29, 0.717) is 17.8 Å². The summed E-state index contributed by atoms with van der Waals surface area (Å²) in [4.78, 5) is 0. The van der Waals surface area contributed by atoms with Gasteiger partial charge in [0.05, 0.1) is 11.2 Å². The van der Waals surface area contributed by atoms with Crippen molar-refractivity contribution in [2.45, 2.75) is 13.3 Å². The first kappa shape index (κ1) is 11.0. The lowest BCUT2D eigenvalue weighted by Crippen LogP contribution is -1.92. The summed E-state index contributed by atoms with van der Waals surface area (Å²) < 4.78 is 13.5. The molecule has 16 heavy (non-hydrogen) atoms. The summed E-state index contributed by atoms with van der Waals surface area (Å²) in [5.41, 5.74) is 7.78. The van der Waals surface area contributed by atoms with Crippen LogP contribution >= 0.6 is 11.6 Å². The van der Waals surface area contributed by atoms with Gasteiger partial charge in [-0.1, -0.05) is 18.5 Å². The van der Waals surface area contributed by atoms with Gasteiger partial charge in [0.1, 0.15) is 11.6 Å². The Kier molecular flexibility index (Phi) is 2.83. The number of aryl methyl sites for hydroxylation is 1. The van der Waals surface area contributed by atoms with E-state index < -0.39 is 0 Å². The van der Waals surface area contributed by atoms with Crippen LogP contribution in [0.15, 0.2) is 18.3 Å². The molecule has 0 aliphatic heterocycles. The van der Waals surface area contributed by atoms with E-state index in [-0.39, 0.29) is 10.8 Å². The molecule has 0 saturated heterocycles. The molecule has 3 nitrogen and oxygen atoms in total. The topological polar surface area (TPSA) is 54.7 Å². The fourth-order valence-corrected chi connectivity index (χ4v) is 1.82. The van der Waals surface area contributed by atoms with Crippen molar-refractivity contribution in [3.8, 4) is 11.1 Å². The van der Waals surface area contributed by atoms with Gasteiger partial charge in [-0.2, -0.15) is 5.10 Å². The quantitative estimate of drug-likeness (QED) is 0.847. The smallest absolute Gasteiger partial charge is 0.145 e. The van der Waals surface area contributed by atoms with Gasteiger partial charge in [0, 0.05) is 5.56 Å². The Morgan fingerprint density at radius 2 is 2.25 bits per heavy atom. The van der Waals surface area contributed by atoms with Gasteiger partial charge in [-0.25, -0.2) is 4.39 Å². The maximum absolute atomic E-state index is 13.5. The Hall–Kier alpha value is -1.55. The summed E-state index contributed by atoms with van der Waals surface area (Å²) in [7, 11) is 0. The molecule has 0 aliphatic rings. The van der Waals surface area contributed by atoms with E-state index in [0.717, 1.165) is 11.1 Å². The van der Waals surface area contributed by atoms with Crippen LogP contribution in [-0.4, -0.2) is 10.2 Å². The van der Waals surface area contributed by atoms with Gasteiger partial charge in [-0.05, 0) is 29.7 Å². The maximum atomic E-state index is 13.5. The fourth-order valence-electron chi connectivity index (χ4n) is 1.58. The number of nitrogens with zero attached hydrogens (tertiary/aromatic N) is 1. The molecule has 0 bridgehead atoms. The lowest BCUT2D eigenvalue weighted by Gasteiger charge is -2.06. The molecule has 0 aliphatic carbocycles. The lowest BCUT2D eigenvalue weighted by molar-refractivity contribution is 0.613. The minimum atomic E-state index is -0.366. The number of halogens is 2. The summed E-state index contributed by atoms with van der Waals surface area (Å²) in [6.45, 7) is 1.87. The number of nitrogens with two attached hydrogens (primary N) is 1. The molecular weight excluding hydrogens is 229 g/mol. The molecule has 0 radical (unpaired) electrons. The number of aromatic amines is 1. The second-order valence-electron chi connectivity index (χ2n) is 3.48. The molecule has 1 aromatic heterocycles. The number of aromatic nitrogens is 2. The van der Waals surface area contributed by atoms with Crippen LogP contribution in [0.4, 0.5) is 10.2 Å². The van der Waals surface area contributed by atoms with Gasteiger partial charge in [-0.15, -0.1) is 0 Å². The van der Waals surface area contributed by atoms with Crippen molar-refractivity contribution in [3.05, 3.63) is 34.7 Å². The van der Waals surface area contributed by atoms with E-state index in [4.69, 9.17) is 17.3 Å². The van der Waals surface area contributed by atoms with Gasteiger partial charge in [0.2, 0.25) is 0 Å². The Morgan fingerprint density at radius 3 is 2.81 bits per heavy atom. The van der Waals surface area contributed by atoms with Crippen molar-refractivity contribution >= 4 is 17.4 Å². The number of anilines is 1. The zero-order valence-corrected chi connectivity index (χ0v) is 9.48. The van der Waals surface area contributed by atoms with Crippen LogP contribution in [0.1, 0.15) is 12.5 Å². The van der Waals surface area contributed by atoms with Crippen LogP contribution in [0.25, 0.3) is 11.1 Å². The number of rotatable bonds is 2. The molecule has 1 aromatic carbocycles. The summed E-state index contributed by atoms with van der Waals surface area (Å²) >= 11 is 5.82. The van der Waals surface area contributed by atoms with E-state index in [1.165, 1.54) is 0 Å². The zero-order valence-electron chi connectivity index (χ0n) is 8.72. The number of nitrogens with one attached hydrogen (secondary N) is 1. The number of benzene rings is 1. The van der Waals surface area contributed by atoms with Gasteiger partial charge >= 0.3 is 0 Å². The molecule has 0 spiro atoms. The van der Waals surface area contributed by atoms with E-state index >= 15 is 0 Å². The minimum Gasteiger partial charge on any atom is -0.384 e. The molecule has 0 amide bonds. The van der Waals surface area contributed by atoms with Crippen molar-refractivity contribution in [2.75, 3.05) is 5.73 Å². The maximum Gasteiger partial charge on any atom is 0.145 e. The fraction of sp³-hybridized carbons (Fsp3) is 0.182. The Balaban J connectivity index is 2.59. The molecular formula is C11H11ClFN3. The molecule has 2 rings (SSSR count). The summed E-state index contributed by atoms with van der Waals surface area (Å²) in [5.74, 6) is 0.0831. The summed E-state index contributed by atoms with van der Waals surface area (Å²) in [6.07, 6.45) is 2.18. The molecule has 2 aromatic rings. The Bertz CT molecular complexity index is 522. The second kappa shape index (κ2) is 4.14. The molecule has 0 atom stereocenters. The molecule has 1 heterocycles. The minimum absolute atomic E-state index is 0.106. The number of nitrogen functional groups attached to an aromatic ring is 1. The molecule has 5 heteroatoms. The molecule has 0 fully saturated rings. The van der Waals surface area contributed by atoms with Crippen molar-refractivity contribution in [1.29, 1.82) is 0 Å². The molecule has 3 N–H and O–H groups in total. The third-order valence-electron chi connectivity index (χ3n) is 2.46. The first-order chi connectivity index (χ1) is 7.63. The SMILES string of the molecule is CCc1cc(-c2cn[nH]c2N)cc(Cl)c1F. The third-order valence-corrected chi connectivity index (χ3v) is 2.74. The highest BCUT2D eigenvalue weighted by Gasteiger charge is 2.11. The first-order valence-corrected chi connectivity index (χ1v) is 5.28. The van der Waals surface area contributed by atoms with Crippen LogP contribution in [0.3, 0.4) is 0 Å². The highest BCUT2D eigenvalue weighted by molar-refractivity contribution is 6.31. The largest absolute Gasteiger partial charge is 0.384 e. The molecule has 0 unspecified atom stereocenters. The van der Waals surface area contributed by atoms with E-state index in [1.54, 1.807) is 18.3 Å². The Labute approximate surface area is 97.4 Å². The number of hydrogen-bond acceptors (Lipinski definition) is 2. The average Bonchev–Trinajstić information content (AvgIpc) is 2.68. The van der Waals surface area contributed by atoms with Crippen LogP contribution in [0, 0.1) is 5.82 Å². The van der Waals surface area contributed by atoms with E-state index in [9.17, 15) is 4.39 Å². The predicted octanol–water partition coefficient (Wildman–Crippen LogP) is 3.01. The first-order valence-electron chi connectivity index (χ1n) is 4.90. The van der Waals surface area contributed by atoms with Gasteiger partial charge in [0.15, 0.2) is 0 Å². The van der Waals surface area contributed by atoms with Gasteiger partial charge < -0.3 is 5.73 Å². The number of H-pyrrole nitrogens is 1. The average molecular weight is 240 g/mol. The normalized spacial score (nSPS) is 10.7. The van der Waals surface area contributed by atoms with Crippen molar-refractivity contribution < 1.29 is 4.39 Å². The summed E-state index contributed by atoms with van der Waals surface area (Å²) in [6, 6.07) is 3.29. The molecule has 84 valence electrons. The molecule has 0 saturated carbocycles. The van der Waals surface area contributed by atoms with Crippen molar-refractivity contribution in [3.63, 3.8) is 0 Å². The standard InChI is InChI=1S/C11H11ClFN3/c1-2-6-3-7(4-9(12)10(6)13)8-5-15-16-11(8)14/h3-5H,2H2,1H3,(H3,14,15,16). The van der Waals surface area contributed by atoms with Crippen LogP contribution in [0.2, 0.25) is 5.02 Å². The van der Waals surface area contributed by atoms with Crippen LogP contribution < -0.4 is 5.73 Å². The monoisotopic (exact) mass is 239 g/mol. The van der Waals surface area contributed by atoms with Crippen LogP contribution in [0.5, 0.6) is 0 Å². The summed E-state index contributed by atoms with van der Waals surface area (Å²) in [5, 5.41) is 6.55. The second-order valence-corrected chi connectivity index (χ2v) is 3.89. The Morgan fingerprint density at radius 1 is 1.50 bits per heavy atom. The highest BCUT2D eigenvalue weighted by Crippen LogP contribution is 2.30.